The lowest BCUT2D eigenvalue weighted by molar-refractivity contribution is 0.335. The maximum Gasteiger partial charge on any atom is 0.165 e. The van der Waals surface area contributed by atoms with Crippen molar-refractivity contribution in [1.29, 1.82) is 0 Å². The summed E-state index contributed by atoms with van der Waals surface area (Å²) in [6.45, 7) is 0. The number of hydrogen-bond acceptors (Lipinski definition) is 3. The van der Waals surface area contributed by atoms with E-state index >= 15 is 0 Å². The van der Waals surface area contributed by atoms with Gasteiger partial charge in [0.25, 0.3) is 0 Å². The molecule has 2 aliphatic carbocycles. The zero-order valence-corrected chi connectivity index (χ0v) is 13.4. The summed E-state index contributed by atoms with van der Waals surface area (Å²) in [6, 6.07) is 10.5. The first kappa shape index (κ1) is 13.5. The Balaban J connectivity index is 1.66. The van der Waals surface area contributed by atoms with Crippen molar-refractivity contribution in [3.8, 4) is 11.4 Å². The monoisotopic (exact) mass is 324 g/mol. The van der Waals surface area contributed by atoms with Crippen LogP contribution in [0.2, 0.25) is 5.15 Å². The molecule has 0 amide bonds. The van der Waals surface area contributed by atoms with E-state index in [-0.39, 0.29) is 0 Å². The molecule has 0 radical (unpaired) electrons. The van der Waals surface area contributed by atoms with Gasteiger partial charge in [0.2, 0.25) is 0 Å². The van der Waals surface area contributed by atoms with E-state index in [1.807, 2.05) is 36.7 Å². The fourth-order valence-corrected chi connectivity index (χ4v) is 4.61. The maximum absolute atomic E-state index is 6.38. The number of aromatic nitrogens is 4. The van der Waals surface area contributed by atoms with Crippen LogP contribution in [0.4, 0.5) is 0 Å². The van der Waals surface area contributed by atoms with Gasteiger partial charge < -0.3 is 4.57 Å². The van der Waals surface area contributed by atoms with Gasteiger partial charge in [0.15, 0.2) is 16.6 Å². The Morgan fingerprint density at radius 1 is 1.04 bits per heavy atom. The summed E-state index contributed by atoms with van der Waals surface area (Å²) >= 11 is 6.38. The van der Waals surface area contributed by atoms with Crippen molar-refractivity contribution >= 4 is 22.8 Å². The predicted molar refractivity (Wildman–Crippen MR) is 90.3 cm³/mol. The van der Waals surface area contributed by atoms with Crippen LogP contribution in [0.5, 0.6) is 0 Å². The number of fused-ring (bicyclic) bond motifs is 3. The fourth-order valence-electron chi connectivity index (χ4n) is 4.39. The molecule has 0 aliphatic heterocycles. The maximum atomic E-state index is 6.38. The summed E-state index contributed by atoms with van der Waals surface area (Å²) in [5.74, 6) is 2.33. The largest absolute Gasteiger partial charge is 0.312 e. The van der Waals surface area contributed by atoms with E-state index < -0.39 is 0 Å². The first-order valence-electron chi connectivity index (χ1n) is 8.25. The Kier molecular flexibility index (Phi) is 2.95. The molecule has 3 atom stereocenters. The van der Waals surface area contributed by atoms with Crippen molar-refractivity contribution in [2.45, 2.75) is 31.7 Å². The molecule has 0 spiro atoms. The Morgan fingerprint density at radius 2 is 1.91 bits per heavy atom. The Morgan fingerprint density at radius 3 is 2.65 bits per heavy atom. The number of nitrogens with zero attached hydrogens (tertiary/aromatic N) is 4. The second-order valence-corrected chi connectivity index (χ2v) is 7.13. The van der Waals surface area contributed by atoms with Crippen LogP contribution < -0.4 is 0 Å². The summed E-state index contributed by atoms with van der Waals surface area (Å²) in [6.07, 6.45) is 7.23. The summed E-state index contributed by atoms with van der Waals surface area (Å²) in [7, 11) is 0. The minimum absolute atomic E-state index is 0.441. The molecule has 3 aromatic rings. The van der Waals surface area contributed by atoms with Gasteiger partial charge in [-0.15, -0.1) is 0 Å². The lowest BCUT2D eigenvalue weighted by Crippen LogP contribution is -2.15. The van der Waals surface area contributed by atoms with Crippen LogP contribution >= 0.6 is 11.6 Å². The second kappa shape index (κ2) is 5.03. The van der Waals surface area contributed by atoms with Gasteiger partial charge in [0.05, 0.1) is 6.33 Å². The van der Waals surface area contributed by atoms with Gasteiger partial charge in [-0.1, -0.05) is 48.4 Å². The first-order chi connectivity index (χ1) is 11.3. The standard InChI is InChI=1S/C18H17ClN4/c19-16-15-18(22-17(21-16)12-4-2-1-3-5-12)23(10-20-15)14-9-11-6-7-13(14)8-11/h1-5,10-11,13-14H,6-9H2/t11-,13+,14+/m0/s1. The SMILES string of the molecule is Clc1nc(-c2ccccc2)nc2c1ncn2[C@@H]1C[C@H]2CC[C@@H]1C2. The highest BCUT2D eigenvalue weighted by molar-refractivity contribution is 6.33. The van der Waals surface area contributed by atoms with Gasteiger partial charge >= 0.3 is 0 Å². The molecule has 2 aromatic heterocycles. The van der Waals surface area contributed by atoms with Crippen molar-refractivity contribution in [2.24, 2.45) is 11.8 Å². The zero-order valence-electron chi connectivity index (χ0n) is 12.7. The normalized spacial score (nSPS) is 26.2. The van der Waals surface area contributed by atoms with E-state index in [1.54, 1.807) is 0 Å². The number of benzene rings is 1. The van der Waals surface area contributed by atoms with Crippen LogP contribution in [0.15, 0.2) is 36.7 Å². The molecular formula is C18H17ClN4. The average Bonchev–Trinajstić information content (AvgIpc) is 3.30. The Labute approximate surface area is 139 Å². The topological polar surface area (TPSA) is 43.6 Å². The lowest BCUT2D eigenvalue weighted by atomic mass is 9.95. The molecule has 2 saturated carbocycles. The fraction of sp³-hybridized carbons (Fsp3) is 0.389. The smallest absolute Gasteiger partial charge is 0.165 e. The molecular weight excluding hydrogens is 308 g/mol. The molecule has 2 heterocycles. The highest BCUT2D eigenvalue weighted by Crippen LogP contribution is 2.51. The molecule has 1 aromatic carbocycles. The molecule has 0 N–H and O–H groups in total. The third kappa shape index (κ3) is 2.08. The second-order valence-electron chi connectivity index (χ2n) is 6.77. The quantitative estimate of drug-likeness (QED) is 0.651. The highest BCUT2D eigenvalue weighted by Gasteiger charge is 2.41. The van der Waals surface area contributed by atoms with Gasteiger partial charge in [0.1, 0.15) is 5.52 Å². The summed E-state index contributed by atoms with van der Waals surface area (Å²) < 4.78 is 2.25. The van der Waals surface area contributed by atoms with E-state index in [2.05, 4.69) is 14.5 Å². The van der Waals surface area contributed by atoms with Gasteiger partial charge in [-0.2, -0.15) is 0 Å². The van der Waals surface area contributed by atoms with Crippen molar-refractivity contribution in [2.75, 3.05) is 0 Å². The molecule has 2 bridgehead atoms. The third-order valence-electron chi connectivity index (χ3n) is 5.47. The van der Waals surface area contributed by atoms with Crippen LogP contribution in [-0.4, -0.2) is 19.5 Å². The predicted octanol–water partition coefficient (Wildman–Crippen LogP) is 4.51. The van der Waals surface area contributed by atoms with Crippen LogP contribution in [0.1, 0.15) is 31.7 Å². The van der Waals surface area contributed by atoms with E-state index in [1.165, 1.54) is 25.7 Å². The minimum atomic E-state index is 0.441. The molecule has 0 unspecified atom stereocenters. The molecule has 5 rings (SSSR count). The number of hydrogen-bond donors (Lipinski definition) is 0. The van der Waals surface area contributed by atoms with Gasteiger partial charge in [-0.05, 0) is 31.1 Å². The van der Waals surface area contributed by atoms with Crippen LogP contribution in [0.3, 0.4) is 0 Å². The van der Waals surface area contributed by atoms with Crippen molar-refractivity contribution in [1.82, 2.24) is 19.5 Å². The lowest BCUT2D eigenvalue weighted by Gasteiger charge is -2.23. The van der Waals surface area contributed by atoms with E-state index in [0.717, 1.165) is 23.0 Å². The zero-order chi connectivity index (χ0) is 15.4. The summed E-state index contributed by atoms with van der Waals surface area (Å²) in [5, 5.41) is 0.441. The van der Waals surface area contributed by atoms with Crippen LogP contribution in [-0.2, 0) is 0 Å². The molecule has 5 heteroatoms. The third-order valence-corrected chi connectivity index (χ3v) is 5.73. The van der Waals surface area contributed by atoms with E-state index in [4.69, 9.17) is 16.6 Å². The molecule has 0 saturated heterocycles. The number of imidazole rings is 1. The summed E-state index contributed by atoms with van der Waals surface area (Å²) in [5.41, 5.74) is 2.58. The summed E-state index contributed by atoms with van der Waals surface area (Å²) in [4.78, 5) is 13.7. The van der Waals surface area contributed by atoms with E-state index in [0.29, 0.717) is 22.5 Å². The van der Waals surface area contributed by atoms with Crippen molar-refractivity contribution < 1.29 is 0 Å². The van der Waals surface area contributed by atoms with Crippen molar-refractivity contribution in [3.05, 3.63) is 41.8 Å². The molecule has 2 fully saturated rings. The van der Waals surface area contributed by atoms with Crippen LogP contribution in [0.25, 0.3) is 22.6 Å². The van der Waals surface area contributed by atoms with Gasteiger partial charge in [-0.25, -0.2) is 15.0 Å². The first-order valence-corrected chi connectivity index (χ1v) is 8.63. The van der Waals surface area contributed by atoms with Gasteiger partial charge in [0, 0.05) is 11.6 Å². The molecule has 23 heavy (non-hydrogen) atoms. The highest BCUT2D eigenvalue weighted by atomic mass is 35.5. The Bertz CT molecular complexity index is 873. The van der Waals surface area contributed by atoms with Gasteiger partial charge in [-0.3, -0.25) is 0 Å². The van der Waals surface area contributed by atoms with Crippen LogP contribution in [0, 0.1) is 11.8 Å². The Hall–Kier alpha value is -1.94. The van der Waals surface area contributed by atoms with Crippen molar-refractivity contribution in [3.63, 3.8) is 0 Å². The minimum Gasteiger partial charge on any atom is -0.312 e. The molecule has 116 valence electrons. The van der Waals surface area contributed by atoms with E-state index in [9.17, 15) is 0 Å². The number of rotatable bonds is 2. The molecule has 4 nitrogen and oxygen atoms in total. The molecule has 2 aliphatic rings. The average molecular weight is 325 g/mol. The number of halogens is 1.